The zero-order chi connectivity index (χ0) is 15.5. The zero-order valence-corrected chi connectivity index (χ0v) is 14.7. The first-order chi connectivity index (χ1) is 10.6. The maximum atomic E-state index is 12.4. The molecule has 1 amide bonds. The van der Waals surface area contributed by atoms with Gasteiger partial charge in [0.2, 0.25) is 0 Å². The highest BCUT2D eigenvalue weighted by molar-refractivity contribution is 7.99. The van der Waals surface area contributed by atoms with E-state index >= 15 is 0 Å². The summed E-state index contributed by atoms with van der Waals surface area (Å²) in [4.78, 5) is 16.0. The van der Waals surface area contributed by atoms with Crippen LogP contribution < -0.4 is 27.9 Å². The third kappa shape index (κ3) is 3.99. The van der Waals surface area contributed by atoms with Crippen LogP contribution in [0.5, 0.6) is 0 Å². The molecule has 23 heavy (non-hydrogen) atoms. The van der Waals surface area contributed by atoms with Crippen molar-refractivity contribution in [2.75, 3.05) is 32.5 Å². The Morgan fingerprint density at radius 3 is 2.65 bits per heavy atom. The van der Waals surface area contributed by atoms with Crippen LogP contribution in [0, 0.1) is 0 Å². The Balaban J connectivity index is 0.00000192. The highest BCUT2D eigenvalue weighted by Gasteiger charge is 2.21. The number of likely N-dealkylation sites (N-methyl/N-ethyl adjacent to an activating group) is 1. The molecular formula is C17H20ClN3OS. The Morgan fingerprint density at radius 2 is 1.87 bits per heavy atom. The Morgan fingerprint density at radius 1 is 1.13 bits per heavy atom. The average Bonchev–Trinajstić information content (AvgIpc) is 2.51. The number of benzene rings is 2. The Hall–Kier alpha value is -1.69. The van der Waals surface area contributed by atoms with E-state index in [1.165, 1.54) is 9.80 Å². The molecule has 3 rings (SSSR count). The molecule has 6 heteroatoms. The molecule has 0 aliphatic carbocycles. The molecule has 0 saturated heterocycles. The SMILES string of the molecule is C[NH+](C)CCNC(=O)c1cccc2c1Nc1ccccc1S2.[Cl-]. The van der Waals surface area contributed by atoms with Crippen LogP contribution in [0.4, 0.5) is 11.4 Å². The van der Waals surface area contributed by atoms with Gasteiger partial charge in [0.05, 0.1) is 44.1 Å². The molecule has 122 valence electrons. The predicted octanol–water partition coefficient (Wildman–Crippen LogP) is -1.23. The average molecular weight is 350 g/mol. The van der Waals surface area contributed by atoms with E-state index in [0.29, 0.717) is 12.1 Å². The molecule has 1 aliphatic rings. The minimum absolute atomic E-state index is 0. The normalized spacial score (nSPS) is 11.8. The maximum absolute atomic E-state index is 12.4. The van der Waals surface area contributed by atoms with E-state index in [9.17, 15) is 4.79 Å². The zero-order valence-electron chi connectivity index (χ0n) is 13.2. The fraction of sp³-hybridized carbons (Fsp3) is 0.235. The molecule has 0 aromatic heterocycles. The molecule has 0 atom stereocenters. The van der Waals surface area contributed by atoms with Crippen LogP contribution in [0.25, 0.3) is 0 Å². The van der Waals surface area contributed by atoms with Gasteiger partial charge in [0, 0.05) is 9.79 Å². The molecular weight excluding hydrogens is 330 g/mol. The smallest absolute Gasteiger partial charge is 0.253 e. The molecule has 2 aromatic carbocycles. The first-order valence-corrected chi connectivity index (χ1v) is 8.21. The number of anilines is 2. The molecule has 0 saturated carbocycles. The molecule has 1 aliphatic heterocycles. The Kier molecular flexibility index (Phi) is 5.93. The number of hydrogen-bond acceptors (Lipinski definition) is 3. The van der Waals surface area contributed by atoms with Crippen molar-refractivity contribution in [3.05, 3.63) is 48.0 Å². The van der Waals surface area contributed by atoms with Crippen LogP contribution in [0.3, 0.4) is 0 Å². The summed E-state index contributed by atoms with van der Waals surface area (Å²) in [5.74, 6) is -0.0226. The number of rotatable bonds is 4. The van der Waals surface area contributed by atoms with Gasteiger partial charge in [0.1, 0.15) is 0 Å². The van der Waals surface area contributed by atoms with Gasteiger partial charge in [-0.05, 0) is 24.3 Å². The lowest BCUT2D eigenvalue weighted by Gasteiger charge is -2.22. The predicted molar refractivity (Wildman–Crippen MR) is 90.3 cm³/mol. The van der Waals surface area contributed by atoms with Gasteiger partial charge in [-0.15, -0.1) is 0 Å². The third-order valence-electron chi connectivity index (χ3n) is 3.55. The van der Waals surface area contributed by atoms with Gasteiger partial charge in [-0.1, -0.05) is 30.0 Å². The van der Waals surface area contributed by atoms with Gasteiger partial charge in [0.25, 0.3) is 5.91 Å². The second-order valence-corrected chi connectivity index (χ2v) is 6.70. The Bertz CT molecular complexity index is 706. The van der Waals surface area contributed by atoms with Crippen LogP contribution in [0.2, 0.25) is 0 Å². The van der Waals surface area contributed by atoms with E-state index < -0.39 is 0 Å². The van der Waals surface area contributed by atoms with E-state index in [-0.39, 0.29) is 18.3 Å². The largest absolute Gasteiger partial charge is 1.00 e. The van der Waals surface area contributed by atoms with Crippen molar-refractivity contribution in [2.45, 2.75) is 9.79 Å². The van der Waals surface area contributed by atoms with Crippen LogP contribution in [-0.4, -0.2) is 33.1 Å². The van der Waals surface area contributed by atoms with E-state index in [2.05, 4.69) is 30.8 Å². The van der Waals surface area contributed by atoms with Crippen molar-refractivity contribution >= 4 is 29.0 Å². The third-order valence-corrected chi connectivity index (χ3v) is 4.68. The minimum atomic E-state index is -0.0226. The fourth-order valence-corrected chi connectivity index (χ4v) is 3.39. The number of hydrogen-bond donors (Lipinski definition) is 3. The monoisotopic (exact) mass is 349 g/mol. The fourth-order valence-electron chi connectivity index (χ4n) is 2.37. The molecule has 2 aromatic rings. The van der Waals surface area contributed by atoms with Crippen LogP contribution >= 0.6 is 11.8 Å². The van der Waals surface area contributed by atoms with Crippen LogP contribution in [-0.2, 0) is 0 Å². The van der Waals surface area contributed by atoms with E-state index in [4.69, 9.17) is 0 Å². The number of para-hydroxylation sites is 2. The van der Waals surface area contributed by atoms with E-state index in [0.717, 1.165) is 22.8 Å². The molecule has 3 N–H and O–H groups in total. The highest BCUT2D eigenvalue weighted by Crippen LogP contribution is 2.45. The summed E-state index contributed by atoms with van der Waals surface area (Å²) in [5.41, 5.74) is 2.66. The van der Waals surface area contributed by atoms with Crippen molar-refractivity contribution in [1.82, 2.24) is 5.32 Å². The van der Waals surface area contributed by atoms with Gasteiger partial charge in [-0.3, -0.25) is 4.79 Å². The highest BCUT2D eigenvalue weighted by atomic mass is 35.5. The first-order valence-electron chi connectivity index (χ1n) is 7.39. The summed E-state index contributed by atoms with van der Waals surface area (Å²) in [6, 6.07) is 14.0. The number of amides is 1. The summed E-state index contributed by atoms with van der Waals surface area (Å²) >= 11 is 1.70. The summed E-state index contributed by atoms with van der Waals surface area (Å²) in [5, 5.41) is 6.40. The number of carbonyl (C=O) groups is 1. The van der Waals surface area contributed by atoms with Gasteiger partial charge in [-0.25, -0.2) is 0 Å². The number of quaternary nitrogens is 1. The summed E-state index contributed by atoms with van der Waals surface area (Å²) in [6.07, 6.45) is 0. The maximum Gasteiger partial charge on any atom is 0.253 e. The van der Waals surface area contributed by atoms with Crippen molar-refractivity contribution in [2.24, 2.45) is 0 Å². The molecule has 0 bridgehead atoms. The van der Waals surface area contributed by atoms with Crippen LogP contribution in [0.15, 0.2) is 52.3 Å². The molecule has 0 radical (unpaired) electrons. The number of carbonyl (C=O) groups excluding carboxylic acids is 1. The molecule has 4 nitrogen and oxygen atoms in total. The van der Waals surface area contributed by atoms with Crippen molar-refractivity contribution in [1.29, 1.82) is 0 Å². The molecule has 0 spiro atoms. The molecule has 0 unspecified atom stereocenters. The minimum Gasteiger partial charge on any atom is -1.00 e. The lowest BCUT2D eigenvalue weighted by molar-refractivity contribution is -0.856. The standard InChI is InChI=1S/C17H19N3OS.ClH/c1-20(2)11-10-18-17(21)12-6-5-9-15-16(12)19-13-7-3-4-8-14(13)22-15;/h3-9,19H,10-11H2,1-2H3,(H,18,21);1H. The Labute approximate surface area is 147 Å². The second-order valence-electron chi connectivity index (χ2n) is 5.61. The number of halogens is 1. The first kappa shape index (κ1) is 17.7. The lowest BCUT2D eigenvalue weighted by atomic mass is 10.1. The summed E-state index contributed by atoms with van der Waals surface area (Å²) in [6.45, 7) is 1.58. The summed E-state index contributed by atoms with van der Waals surface area (Å²) in [7, 11) is 4.15. The number of fused-ring (bicyclic) bond motifs is 2. The van der Waals surface area contributed by atoms with Gasteiger partial charge < -0.3 is 27.9 Å². The summed E-state index contributed by atoms with van der Waals surface area (Å²) < 4.78 is 0. The van der Waals surface area contributed by atoms with Crippen molar-refractivity contribution in [3.8, 4) is 0 Å². The quantitative estimate of drug-likeness (QED) is 0.553. The molecule has 1 heterocycles. The van der Waals surface area contributed by atoms with Crippen LogP contribution in [0.1, 0.15) is 10.4 Å². The lowest BCUT2D eigenvalue weighted by Crippen LogP contribution is -3.06. The number of nitrogens with one attached hydrogen (secondary N) is 3. The second kappa shape index (κ2) is 7.73. The van der Waals surface area contributed by atoms with E-state index in [1.807, 2.05) is 36.4 Å². The molecule has 0 fully saturated rings. The van der Waals surface area contributed by atoms with Crippen molar-refractivity contribution < 1.29 is 22.1 Å². The van der Waals surface area contributed by atoms with Gasteiger partial charge >= 0.3 is 0 Å². The van der Waals surface area contributed by atoms with Crippen molar-refractivity contribution in [3.63, 3.8) is 0 Å². The van der Waals surface area contributed by atoms with Gasteiger partial charge in [-0.2, -0.15) is 0 Å². The van der Waals surface area contributed by atoms with E-state index in [1.54, 1.807) is 11.8 Å². The van der Waals surface area contributed by atoms with Gasteiger partial charge in [0.15, 0.2) is 0 Å². The topological polar surface area (TPSA) is 45.6 Å².